The smallest absolute Gasteiger partial charge is 0.363 e. The standard InChI is InChI=1S/C27H31F3N4/c1-14(2)31-20-10-18(9-19(11-20)27(28,29)30)16(4)32-25-21-8-15(3)22-12-26(6,7)13-23(22)24(21)33-17(5)34-25/h8-11,16,31H,1,12-13H2,2-7H3,(H,32,33,34)/t16-/m1/s1. The molecule has 180 valence electrons. The van der Waals surface area contributed by atoms with Crippen LogP contribution in [0.4, 0.5) is 24.7 Å². The second kappa shape index (κ2) is 8.29. The first-order valence-corrected chi connectivity index (χ1v) is 11.4. The number of benzene rings is 2. The molecule has 1 aliphatic carbocycles. The fourth-order valence-electron chi connectivity index (χ4n) is 4.87. The lowest BCUT2D eigenvalue weighted by Gasteiger charge is -2.21. The van der Waals surface area contributed by atoms with E-state index in [4.69, 9.17) is 4.98 Å². The highest BCUT2D eigenvalue weighted by Gasteiger charge is 2.33. The summed E-state index contributed by atoms with van der Waals surface area (Å²) in [4.78, 5) is 9.41. The third-order valence-electron chi connectivity index (χ3n) is 6.35. The van der Waals surface area contributed by atoms with Crippen LogP contribution in [0.2, 0.25) is 0 Å². The van der Waals surface area contributed by atoms with Crippen LogP contribution in [-0.4, -0.2) is 9.97 Å². The predicted octanol–water partition coefficient (Wildman–Crippen LogP) is 7.51. The summed E-state index contributed by atoms with van der Waals surface area (Å²) >= 11 is 0. The molecule has 0 fully saturated rings. The van der Waals surface area contributed by atoms with Crippen molar-refractivity contribution in [2.45, 2.75) is 66.6 Å². The van der Waals surface area contributed by atoms with Gasteiger partial charge in [0.1, 0.15) is 11.6 Å². The molecule has 1 atom stereocenters. The topological polar surface area (TPSA) is 49.8 Å². The molecule has 0 spiro atoms. The highest BCUT2D eigenvalue weighted by Crippen LogP contribution is 2.42. The highest BCUT2D eigenvalue weighted by molar-refractivity contribution is 5.93. The van der Waals surface area contributed by atoms with Gasteiger partial charge >= 0.3 is 6.18 Å². The third-order valence-corrected chi connectivity index (χ3v) is 6.35. The van der Waals surface area contributed by atoms with Crippen molar-refractivity contribution >= 4 is 22.4 Å². The zero-order valence-corrected chi connectivity index (χ0v) is 20.5. The maximum atomic E-state index is 13.6. The maximum Gasteiger partial charge on any atom is 0.416 e. The molecule has 7 heteroatoms. The molecule has 2 N–H and O–H groups in total. The number of nitrogens with zero attached hydrogens (tertiary/aromatic N) is 2. The van der Waals surface area contributed by atoms with E-state index in [-0.39, 0.29) is 5.41 Å². The van der Waals surface area contributed by atoms with Crippen molar-refractivity contribution in [2.24, 2.45) is 5.41 Å². The summed E-state index contributed by atoms with van der Waals surface area (Å²) in [6, 6.07) is 5.68. The van der Waals surface area contributed by atoms with E-state index in [1.165, 1.54) is 22.8 Å². The van der Waals surface area contributed by atoms with Gasteiger partial charge in [0.25, 0.3) is 0 Å². The number of allylic oxidation sites excluding steroid dienone is 1. The van der Waals surface area contributed by atoms with Gasteiger partial charge in [0.2, 0.25) is 0 Å². The molecule has 0 aliphatic heterocycles. The number of anilines is 2. The molecular weight excluding hydrogens is 437 g/mol. The van der Waals surface area contributed by atoms with Gasteiger partial charge in [-0.2, -0.15) is 13.2 Å². The number of hydrogen-bond donors (Lipinski definition) is 2. The van der Waals surface area contributed by atoms with Crippen LogP contribution in [0.1, 0.15) is 67.4 Å². The van der Waals surface area contributed by atoms with Gasteiger partial charge in [0, 0.05) is 16.8 Å². The summed E-state index contributed by atoms with van der Waals surface area (Å²) in [6.07, 6.45) is -2.51. The van der Waals surface area contributed by atoms with Gasteiger partial charge in [0.05, 0.1) is 17.1 Å². The minimum Gasteiger partial charge on any atom is -0.363 e. The van der Waals surface area contributed by atoms with E-state index in [0.717, 1.165) is 29.8 Å². The van der Waals surface area contributed by atoms with E-state index < -0.39 is 17.8 Å². The monoisotopic (exact) mass is 468 g/mol. The molecule has 4 rings (SSSR count). The molecule has 0 amide bonds. The number of aromatic nitrogens is 2. The van der Waals surface area contributed by atoms with Crippen LogP contribution in [0, 0.1) is 19.3 Å². The van der Waals surface area contributed by atoms with Crippen LogP contribution in [-0.2, 0) is 19.0 Å². The van der Waals surface area contributed by atoms with Gasteiger partial charge in [-0.15, -0.1) is 0 Å². The highest BCUT2D eigenvalue weighted by atomic mass is 19.4. The molecule has 0 bridgehead atoms. The molecule has 1 heterocycles. The number of aryl methyl sites for hydroxylation is 2. The predicted molar refractivity (Wildman–Crippen MR) is 132 cm³/mol. The van der Waals surface area contributed by atoms with E-state index in [1.54, 1.807) is 13.0 Å². The first kappa shape index (κ1) is 24.0. The van der Waals surface area contributed by atoms with Gasteiger partial charge in [-0.05, 0) is 92.5 Å². The van der Waals surface area contributed by atoms with Gasteiger partial charge < -0.3 is 10.6 Å². The lowest BCUT2D eigenvalue weighted by atomic mass is 9.90. The normalized spacial score (nSPS) is 15.8. The summed E-state index contributed by atoms with van der Waals surface area (Å²) in [6.45, 7) is 15.8. The number of halogens is 3. The average molecular weight is 469 g/mol. The van der Waals surface area contributed by atoms with E-state index in [1.807, 2.05) is 13.8 Å². The van der Waals surface area contributed by atoms with Crippen LogP contribution < -0.4 is 10.6 Å². The first-order valence-electron chi connectivity index (χ1n) is 11.4. The van der Waals surface area contributed by atoms with Crippen molar-refractivity contribution < 1.29 is 13.2 Å². The quantitative estimate of drug-likeness (QED) is 0.407. The lowest BCUT2D eigenvalue weighted by Crippen LogP contribution is -2.13. The first-order chi connectivity index (χ1) is 15.7. The van der Waals surface area contributed by atoms with E-state index in [0.29, 0.717) is 28.6 Å². The van der Waals surface area contributed by atoms with Crippen molar-refractivity contribution in [3.8, 4) is 0 Å². The molecule has 1 aromatic heterocycles. The van der Waals surface area contributed by atoms with Gasteiger partial charge in [-0.3, -0.25) is 0 Å². The van der Waals surface area contributed by atoms with E-state index in [9.17, 15) is 13.2 Å². The molecule has 34 heavy (non-hydrogen) atoms. The molecule has 0 saturated carbocycles. The Bertz CT molecular complexity index is 1290. The van der Waals surface area contributed by atoms with Gasteiger partial charge in [-0.1, -0.05) is 20.4 Å². The minimum absolute atomic E-state index is 0.172. The maximum absolute atomic E-state index is 13.6. The molecule has 2 aromatic carbocycles. The molecule has 0 radical (unpaired) electrons. The SMILES string of the molecule is C=C(C)Nc1cc([C@@H](C)Nc2nc(C)nc3c4c(c(C)cc23)CC(C)(C)C4)cc(C(F)(F)F)c1. The second-order valence-corrected chi connectivity index (χ2v) is 10.3. The largest absolute Gasteiger partial charge is 0.416 e. The number of nitrogens with one attached hydrogen (secondary N) is 2. The molecule has 0 saturated heterocycles. The Hall–Kier alpha value is -3.09. The number of fused-ring (bicyclic) bond motifs is 3. The molecule has 0 unspecified atom stereocenters. The van der Waals surface area contributed by atoms with Crippen LogP contribution in [0.15, 0.2) is 36.5 Å². The lowest BCUT2D eigenvalue weighted by molar-refractivity contribution is -0.137. The minimum atomic E-state index is -4.45. The Morgan fingerprint density at radius 2 is 1.74 bits per heavy atom. The van der Waals surface area contributed by atoms with E-state index in [2.05, 4.69) is 49.0 Å². The Morgan fingerprint density at radius 1 is 1.06 bits per heavy atom. The number of hydrogen-bond acceptors (Lipinski definition) is 4. The molecule has 1 aliphatic rings. The van der Waals surface area contributed by atoms with Crippen molar-refractivity contribution in [1.29, 1.82) is 0 Å². The van der Waals surface area contributed by atoms with Crippen LogP contribution >= 0.6 is 0 Å². The zero-order valence-electron chi connectivity index (χ0n) is 20.5. The van der Waals surface area contributed by atoms with Crippen molar-refractivity contribution in [3.05, 3.63) is 70.2 Å². The third kappa shape index (κ3) is 4.74. The number of rotatable bonds is 5. The Morgan fingerprint density at radius 3 is 2.38 bits per heavy atom. The van der Waals surface area contributed by atoms with Crippen molar-refractivity contribution in [2.75, 3.05) is 10.6 Å². The van der Waals surface area contributed by atoms with Gasteiger partial charge in [-0.25, -0.2) is 9.97 Å². The Balaban J connectivity index is 1.78. The molecular formula is C27H31F3N4. The van der Waals surface area contributed by atoms with Crippen LogP contribution in [0.25, 0.3) is 10.9 Å². The summed E-state index contributed by atoms with van der Waals surface area (Å²) in [7, 11) is 0. The molecule has 4 nitrogen and oxygen atoms in total. The summed E-state index contributed by atoms with van der Waals surface area (Å²) < 4.78 is 40.7. The fraction of sp³-hybridized carbons (Fsp3) is 0.407. The Labute approximate surface area is 198 Å². The van der Waals surface area contributed by atoms with Crippen LogP contribution in [0.5, 0.6) is 0 Å². The van der Waals surface area contributed by atoms with Crippen LogP contribution in [0.3, 0.4) is 0 Å². The summed E-state index contributed by atoms with van der Waals surface area (Å²) in [5.41, 5.74) is 5.62. The van der Waals surface area contributed by atoms with E-state index >= 15 is 0 Å². The summed E-state index contributed by atoms with van der Waals surface area (Å²) in [5.74, 6) is 1.27. The number of alkyl halides is 3. The second-order valence-electron chi connectivity index (χ2n) is 10.3. The average Bonchev–Trinajstić information content (AvgIpc) is 3.04. The van der Waals surface area contributed by atoms with Crippen molar-refractivity contribution in [3.63, 3.8) is 0 Å². The molecule has 3 aromatic rings. The zero-order chi connectivity index (χ0) is 25.0. The summed E-state index contributed by atoms with van der Waals surface area (Å²) in [5, 5.41) is 7.18. The fourth-order valence-corrected chi connectivity index (χ4v) is 4.87. The van der Waals surface area contributed by atoms with Crippen molar-refractivity contribution in [1.82, 2.24) is 9.97 Å². The van der Waals surface area contributed by atoms with Gasteiger partial charge in [0.15, 0.2) is 0 Å². The Kier molecular flexibility index (Phi) is 5.86.